The zero-order valence-electron chi connectivity index (χ0n) is 7.90. The van der Waals surface area contributed by atoms with Gasteiger partial charge in [0.15, 0.2) is 6.29 Å². The highest BCUT2D eigenvalue weighted by Crippen LogP contribution is 2.28. The van der Waals surface area contributed by atoms with Crippen LogP contribution in [0.2, 0.25) is 0 Å². The van der Waals surface area contributed by atoms with Gasteiger partial charge in [-0.05, 0) is 0 Å². The van der Waals surface area contributed by atoms with Crippen molar-refractivity contribution in [2.75, 3.05) is 13.7 Å². The van der Waals surface area contributed by atoms with E-state index in [2.05, 4.69) is 0 Å². The Morgan fingerprint density at radius 2 is 2.00 bits per heavy atom. The van der Waals surface area contributed by atoms with Gasteiger partial charge < -0.3 is 18.7 Å². The van der Waals surface area contributed by atoms with Crippen LogP contribution < -0.4 is 0 Å². The van der Waals surface area contributed by atoms with E-state index < -0.39 is 0 Å². The fourth-order valence-corrected chi connectivity index (χ4v) is 2.95. The van der Waals surface area contributed by atoms with Gasteiger partial charge in [0.2, 0.25) is 0 Å². The standard InChI is InChI=1S/C7H11I3O5/c1-11-6-2-4(14-9)7(15-10)5(13-6)3-12-8/h4-7H,2-3H2,1H3/t4-,5-,6+,7+/m1/s1. The molecular weight excluding hydrogens is 545 g/mol. The summed E-state index contributed by atoms with van der Waals surface area (Å²) in [6, 6.07) is 0. The molecule has 0 amide bonds. The first-order chi connectivity index (χ1) is 7.26. The molecule has 8 heteroatoms. The van der Waals surface area contributed by atoms with Crippen LogP contribution in [0.25, 0.3) is 0 Å². The zero-order valence-corrected chi connectivity index (χ0v) is 14.4. The molecule has 0 bridgehead atoms. The summed E-state index contributed by atoms with van der Waals surface area (Å²) in [5.74, 6) is 0. The van der Waals surface area contributed by atoms with Crippen molar-refractivity contribution in [1.29, 1.82) is 0 Å². The van der Waals surface area contributed by atoms with Gasteiger partial charge in [0.05, 0.1) is 6.61 Å². The minimum Gasteiger partial charge on any atom is -0.356 e. The summed E-state index contributed by atoms with van der Waals surface area (Å²) in [5.41, 5.74) is 0. The van der Waals surface area contributed by atoms with E-state index in [1.165, 1.54) is 0 Å². The van der Waals surface area contributed by atoms with E-state index in [4.69, 9.17) is 18.7 Å². The third-order valence-electron chi connectivity index (χ3n) is 2.19. The van der Waals surface area contributed by atoms with Gasteiger partial charge >= 0.3 is 0 Å². The molecule has 90 valence electrons. The summed E-state index contributed by atoms with van der Waals surface area (Å²) >= 11 is 5.56. The van der Waals surface area contributed by atoms with Gasteiger partial charge in [-0.25, -0.2) is 0 Å². The Labute approximate surface area is 131 Å². The Kier molecular flexibility index (Phi) is 8.18. The molecule has 1 rings (SSSR count). The lowest BCUT2D eigenvalue weighted by Gasteiger charge is -2.37. The molecule has 1 aliphatic rings. The van der Waals surface area contributed by atoms with Crippen LogP contribution in [0.15, 0.2) is 0 Å². The lowest BCUT2D eigenvalue weighted by molar-refractivity contribution is -0.228. The van der Waals surface area contributed by atoms with Crippen LogP contribution in [0.3, 0.4) is 0 Å². The Morgan fingerprint density at radius 3 is 2.47 bits per heavy atom. The predicted molar refractivity (Wildman–Crippen MR) is 78.0 cm³/mol. The average Bonchev–Trinajstić information content (AvgIpc) is 2.28. The fourth-order valence-electron chi connectivity index (χ4n) is 1.44. The molecule has 15 heavy (non-hydrogen) atoms. The Morgan fingerprint density at radius 1 is 1.27 bits per heavy atom. The Bertz CT molecular complexity index is 184. The van der Waals surface area contributed by atoms with Crippen molar-refractivity contribution in [3.8, 4) is 0 Å². The van der Waals surface area contributed by atoms with Crippen LogP contribution >= 0.6 is 69.0 Å². The van der Waals surface area contributed by atoms with E-state index in [1.54, 1.807) is 7.11 Å². The third kappa shape index (κ3) is 4.30. The molecule has 1 heterocycles. The van der Waals surface area contributed by atoms with Crippen molar-refractivity contribution >= 4 is 69.0 Å². The predicted octanol–water partition coefficient (Wildman–Crippen LogP) is 2.58. The number of ether oxygens (including phenoxy) is 2. The highest BCUT2D eigenvalue weighted by Gasteiger charge is 2.40. The van der Waals surface area contributed by atoms with Crippen LogP contribution in [0.4, 0.5) is 0 Å². The quantitative estimate of drug-likeness (QED) is 0.488. The molecule has 4 atom stereocenters. The molecule has 0 aromatic heterocycles. The van der Waals surface area contributed by atoms with Crippen molar-refractivity contribution < 1.29 is 18.7 Å². The molecule has 0 spiro atoms. The van der Waals surface area contributed by atoms with E-state index in [0.717, 1.165) is 0 Å². The minimum atomic E-state index is -0.260. The summed E-state index contributed by atoms with van der Waals surface area (Å²) in [4.78, 5) is 0. The second kappa shape index (κ2) is 8.16. The normalized spacial score (nSPS) is 36.8. The molecule has 0 aromatic carbocycles. The zero-order chi connectivity index (χ0) is 11.3. The summed E-state index contributed by atoms with van der Waals surface area (Å²) < 4.78 is 26.5. The van der Waals surface area contributed by atoms with Crippen molar-refractivity contribution in [3.05, 3.63) is 0 Å². The molecule has 0 N–H and O–H groups in total. The van der Waals surface area contributed by atoms with Gasteiger partial charge in [-0.1, -0.05) is 0 Å². The van der Waals surface area contributed by atoms with Gasteiger partial charge in [-0.3, -0.25) is 0 Å². The van der Waals surface area contributed by atoms with Crippen LogP contribution in [0.5, 0.6) is 0 Å². The third-order valence-corrected chi connectivity index (χ3v) is 3.79. The maximum absolute atomic E-state index is 5.65. The second-order valence-electron chi connectivity index (χ2n) is 3.03. The highest BCUT2D eigenvalue weighted by atomic mass is 127. The van der Waals surface area contributed by atoms with Crippen LogP contribution in [0, 0.1) is 0 Å². The first-order valence-electron chi connectivity index (χ1n) is 4.23. The number of rotatable bonds is 5. The SMILES string of the molecule is CO[C@@H]1C[C@@H](OI)[C@H](OI)[C@@H](COI)O1. The monoisotopic (exact) mass is 556 g/mol. The maximum Gasteiger partial charge on any atom is 0.160 e. The average molecular weight is 556 g/mol. The molecule has 0 saturated carbocycles. The van der Waals surface area contributed by atoms with Crippen molar-refractivity contribution in [2.45, 2.75) is 31.0 Å². The van der Waals surface area contributed by atoms with Gasteiger partial charge in [0, 0.05) is 13.5 Å². The fraction of sp³-hybridized carbons (Fsp3) is 1.00. The lowest BCUT2D eigenvalue weighted by atomic mass is 10.0. The maximum atomic E-state index is 5.65. The summed E-state index contributed by atoms with van der Waals surface area (Å²) in [7, 11) is 1.61. The van der Waals surface area contributed by atoms with Crippen LogP contribution in [-0.4, -0.2) is 38.3 Å². The molecule has 1 aliphatic heterocycles. The van der Waals surface area contributed by atoms with E-state index in [1.807, 2.05) is 69.0 Å². The van der Waals surface area contributed by atoms with Crippen molar-refractivity contribution in [3.63, 3.8) is 0 Å². The minimum absolute atomic E-state index is 0.0438. The van der Waals surface area contributed by atoms with Crippen molar-refractivity contribution in [1.82, 2.24) is 0 Å². The summed E-state index contributed by atoms with van der Waals surface area (Å²) in [5, 5.41) is 0. The second-order valence-corrected chi connectivity index (χ2v) is 4.67. The van der Waals surface area contributed by atoms with Gasteiger partial charge in [-0.2, -0.15) is 0 Å². The van der Waals surface area contributed by atoms with Crippen LogP contribution in [0.1, 0.15) is 6.42 Å². The van der Waals surface area contributed by atoms with Crippen LogP contribution in [-0.2, 0) is 18.7 Å². The first-order valence-corrected chi connectivity index (χ1v) is 6.87. The molecule has 5 nitrogen and oxygen atoms in total. The summed E-state index contributed by atoms with van der Waals surface area (Å²) in [6.45, 7) is 0.449. The first kappa shape index (κ1) is 15.0. The van der Waals surface area contributed by atoms with E-state index in [0.29, 0.717) is 13.0 Å². The smallest absolute Gasteiger partial charge is 0.160 e. The van der Waals surface area contributed by atoms with E-state index in [9.17, 15) is 0 Å². The van der Waals surface area contributed by atoms with Gasteiger partial charge in [0.1, 0.15) is 87.3 Å². The highest BCUT2D eigenvalue weighted by molar-refractivity contribution is 14.1. The molecule has 0 aromatic rings. The number of methoxy groups -OCH3 is 1. The Hall–Kier alpha value is 1.99. The topological polar surface area (TPSA) is 46.2 Å². The molecule has 0 radical (unpaired) electrons. The number of hydrogen-bond acceptors (Lipinski definition) is 5. The van der Waals surface area contributed by atoms with Gasteiger partial charge in [0.25, 0.3) is 0 Å². The van der Waals surface area contributed by atoms with E-state index >= 15 is 0 Å². The molecule has 1 fully saturated rings. The Balaban J connectivity index is 2.63. The number of hydrogen-bond donors (Lipinski definition) is 0. The largest absolute Gasteiger partial charge is 0.356 e. The van der Waals surface area contributed by atoms with E-state index in [-0.39, 0.29) is 24.6 Å². The number of halogens is 3. The van der Waals surface area contributed by atoms with Crippen molar-refractivity contribution in [2.24, 2.45) is 0 Å². The summed E-state index contributed by atoms with van der Waals surface area (Å²) in [6.07, 6.45) is 0.0491. The molecule has 1 saturated heterocycles. The molecular formula is C7H11I3O5. The van der Waals surface area contributed by atoms with Gasteiger partial charge in [-0.15, -0.1) is 0 Å². The lowest BCUT2D eigenvalue weighted by Crippen LogP contribution is -2.50. The molecule has 0 aliphatic carbocycles. The molecule has 0 unspecified atom stereocenters.